The average molecular weight is 567 g/mol. The van der Waals surface area contributed by atoms with E-state index in [0.29, 0.717) is 6.61 Å². The van der Waals surface area contributed by atoms with Crippen molar-refractivity contribution in [2.24, 2.45) is 0 Å². The number of methoxy groups -OCH3 is 1. The molecule has 1 heterocycles. The van der Waals surface area contributed by atoms with Gasteiger partial charge in [-0.2, -0.15) is 0 Å². The topological polar surface area (TPSA) is 50.8 Å². The van der Waals surface area contributed by atoms with Crippen LogP contribution in [0.5, 0.6) is 11.5 Å². The number of hydrogen-bond donors (Lipinski definition) is 1. The number of allylic oxidation sites excluding steroid dienone is 1. The Balaban J connectivity index is 1.39. The number of carbonyl (C=O) groups excluding carboxylic acids is 1. The third-order valence-corrected chi connectivity index (χ3v) is 8.32. The maximum absolute atomic E-state index is 13.0. The number of benzene rings is 2. The first-order valence-electron chi connectivity index (χ1n) is 15.3. The normalized spacial score (nSPS) is 12.9. The Morgan fingerprint density at radius 3 is 2.27 bits per heavy atom. The maximum atomic E-state index is 13.0. The molecule has 0 atom stereocenters. The molecule has 2 aromatic rings. The SMILES string of the molecule is CCCCCCCCCCCCCCOc1cc(OC)ccc1CC(=O)Nc1cccc(CN2C=C(C)SC2)c1. The summed E-state index contributed by atoms with van der Waals surface area (Å²) in [5.41, 5.74) is 2.88. The highest BCUT2D eigenvalue weighted by molar-refractivity contribution is 8.03. The van der Waals surface area contributed by atoms with Crippen molar-refractivity contribution >= 4 is 23.4 Å². The van der Waals surface area contributed by atoms with Gasteiger partial charge in [-0.05, 0) is 42.0 Å². The van der Waals surface area contributed by atoms with Crippen LogP contribution in [0.2, 0.25) is 0 Å². The monoisotopic (exact) mass is 566 g/mol. The zero-order valence-corrected chi connectivity index (χ0v) is 25.8. The van der Waals surface area contributed by atoms with E-state index in [1.165, 1.54) is 81.1 Å². The van der Waals surface area contributed by atoms with E-state index >= 15 is 0 Å². The number of ether oxygens (including phenoxy) is 2. The second-order valence-electron chi connectivity index (χ2n) is 10.9. The van der Waals surface area contributed by atoms with Crippen molar-refractivity contribution < 1.29 is 14.3 Å². The number of anilines is 1. The molecule has 40 heavy (non-hydrogen) atoms. The van der Waals surface area contributed by atoms with Crippen LogP contribution in [0.15, 0.2) is 53.6 Å². The number of carbonyl (C=O) groups is 1. The van der Waals surface area contributed by atoms with Crippen LogP contribution < -0.4 is 14.8 Å². The first kappa shape index (κ1) is 31.9. The Kier molecular flexibility index (Phi) is 14.9. The Bertz CT molecular complexity index is 1060. The summed E-state index contributed by atoms with van der Waals surface area (Å²) in [6.07, 6.45) is 18.3. The molecule has 0 bridgehead atoms. The third-order valence-electron chi connectivity index (χ3n) is 7.30. The summed E-state index contributed by atoms with van der Waals surface area (Å²) in [5, 5.41) is 3.07. The zero-order valence-electron chi connectivity index (χ0n) is 25.0. The first-order valence-corrected chi connectivity index (χ1v) is 16.3. The van der Waals surface area contributed by atoms with Gasteiger partial charge in [0.25, 0.3) is 0 Å². The smallest absolute Gasteiger partial charge is 0.228 e. The highest BCUT2D eigenvalue weighted by Crippen LogP contribution is 2.28. The van der Waals surface area contributed by atoms with Crippen molar-refractivity contribution in [3.63, 3.8) is 0 Å². The van der Waals surface area contributed by atoms with Crippen LogP contribution in [0, 0.1) is 0 Å². The maximum Gasteiger partial charge on any atom is 0.228 e. The predicted octanol–water partition coefficient (Wildman–Crippen LogP) is 9.32. The number of nitrogens with zero attached hydrogens (tertiary/aromatic N) is 1. The van der Waals surface area contributed by atoms with Gasteiger partial charge in [-0.1, -0.05) is 95.8 Å². The lowest BCUT2D eigenvalue weighted by atomic mass is 10.1. The average Bonchev–Trinajstić information content (AvgIpc) is 3.36. The van der Waals surface area contributed by atoms with E-state index in [4.69, 9.17) is 9.47 Å². The van der Waals surface area contributed by atoms with Gasteiger partial charge in [0.05, 0.1) is 26.0 Å². The Morgan fingerprint density at radius 2 is 1.62 bits per heavy atom. The minimum Gasteiger partial charge on any atom is -0.497 e. The van der Waals surface area contributed by atoms with Crippen LogP contribution in [0.25, 0.3) is 0 Å². The molecular weight excluding hydrogens is 516 g/mol. The molecule has 0 fully saturated rings. The van der Waals surface area contributed by atoms with Gasteiger partial charge in [0.1, 0.15) is 11.5 Å². The summed E-state index contributed by atoms with van der Waals surface area (Å²) in [5.74, 6) is 2.40. The fraction of sp³-hybridized carbons (Fsp3) is 0.559. The molecule has 1 aliphatic heterocycles. The minimum absolute atomic E-state index is 0.0509. The molecule has 1 amide bonds. The first-order chi connectivity index (χ1) is 19.6. The molecule has 0 spiro atoms. The lowest BCUT2D eigenvalue weighted by Crippen LogP contribution is -2.16. The molecule has 3 rings (SSSR count). The van der Waals surface area contributed by atoms with E-state index in [-0.39, 0.29) is 12.3 Å². The van der Waals surface area contributed by atoms with E-state index in [2.05, 4.69) is 42.4 Å². The molecule has 0 aromatic heterocycles. The number of thioether (sulfide) groups is 1. The van der Waals surface area contributed by atoms with Crippen molar-refractivity contribution in [2.45, 2.75) is 104 Å². The van der Waals surface area contributed by atoms with Gasteiger partial charge in [0.15, 0.2) is 0 Å². The van der Waals surface area contributed by atoms with Crippen LogP contribution in [0.4, 0.5) is 5.69 Å². The summed E-state index contributed by atoms with van der Waals surface area (Å²) < 4.78 is 11.6. The number of amides is 1. The summed E-state index contributed by atoms with van der Waals surface area (Å²) >= 11 is 1.86. The minimum atomic E-state index is -0.0509. The van der Waals surface area contributed by atoms with E-state index in [1.807, 2.05) is 42.1 Å². The highest BCUT2D eigenvalue weighted by Gasteiger charge is 2.13. The van der Waals surface area contributed by atoms with E-state index < -0.39 is 0 Å². The zero-order chi connectivity index (χ0) is 28.4. The van der Waals surface area contributed by atoms with Crippen molar-refractivity contribution in [1.82, 2.24) is 4.90 Å². The van der Waals surface area contributed by atoms with Gasteiger partial charge < -0.3 is 19.7 Å². The van der Waals surface area contributed by atoms with Crippen LogP contribution in [0.3, 0.4) is 0 Å². The summed E-state index contributed by atoms with van der Waals surface area (Å²) in [4.78, 5) is 16.6. The Hall–Kier alpha value is -2.60. The van der Waals surface area contributed by atoms with Gasteiger partial charge in [-0.15, -0.1) is 11.8 Å². The molecule has 5 nitrogen and oxygen atoms in total. The van der Waals surface area contributed by atoms with Gasteiger partial charge in [-0.25, -0.2) is 0 Å². The van der Waals surface area contributed by atoms with Crippen molar-refractivity contribution in [1.29, 1.82) is 0 Å². The largest absolute Gasteiger partial charge is 0.497 e. The number of hydrogen-bond acceptors (Lipinski definition) is 5. The molecule has 1 aliphatic rings. The lowest BCUT2D eigenvalue weighted by Gasteiger charge is -2.16. The fourth-order valence-corrected chi connectivity index (χ4v) is 5.79. The molecule has 220 valence electrons. The summed E-state index contributed by atoms with van der Waals surface area (Å²) in [7, 11) is 1.65. The number of nitrogens with one attached hydrogen (secondary N) is 1. The van der Waals surface area contributed by atoms with Crippen molar-refractivity contribution in [3.8, 4) is 11.5 Å². The van der Waals surface area contributed by atoms with Gasteiger partial charge >= 0.3 is 0 Å². The summed E-state index contributed by atoms with van der Waals surface area (Å²) in [6.45, 7) is 5.90. The van der Waals surface area contributed by atoms with Gasteiger partial charge in [0, 0.05) is 30.1 Å². The van der Waals surface area contributed by atoms with Crippen LogP contribution in [-0.4, -0.2) is 30.4 Å². The van der Waals surface area contributed by atoms with E-state index in [9.17, 15) is 4.79 Å². The van der Waals surface area contributed by atoms with Crippen LogP contribution >= 0.6 is 11.8 Å². The highest BCUT2D eigenvalue weighted by atomic mass is 32.2. The van der Waals surface area contributed by atoms with E-state index in [1.54, 1.807) is 7.11 Å². The molecule has 0 aliphatic carbocycles. The van der Waals surface area contributed by atoms with Crippen molar-refractivity contribution in [2.75, 3.05) is 24.9 Å². The van der Waals surface area contributed by atoms with Crippen LogP contribution in [0.1, 0.15) is 102 Å². The quantitative estimate of drug-likeness (QED) is 0.162. The second kappa shape index (κ2) is 18.7. The van der Waals surface area contributed by atoms with Crippen LogP contribution in [-0.2, 0) is 17.8 Å². The standard InChI is InChI=1S/C34H50N2O3S/c1-4-5-6-7-8-9-10-11-12-13-14-15-21-39-33-24-32(38-3)20-19-30(33)23-34(37)35-31-18-16-17-29(22-31)26-36-25-28(2)40-27-36/h16-20,22,24-25H,4-15,21,23,26-27H2,1-3H3,(H,35,37). The second-order valence-corrected chi connectivity index (χ2v) is 12.1. The molecule has 0 radical (unpaired) electrons. The number of rotatable bonds is 20. The molecule has 0 unspecified atom stereocenters. The van der Waals surface area contributed by atoms with Crippen molar-refractivity contribution in [3.05, 3.63) is 64.7 Å². The molecule has 6 heteroatoms. The van der Waals surface area contributed by atoms with Gasteiger partial charge in [-0.3, -0.25) is 4.79 Å². The lowest BCUT2D eigenvalue weighted by molar-refractivity contribution is -0.115. The summed E-state index contributed by atoms with van der Waals surface area (Å²) in [6, 6.07) is 13.8. The van der Waals surface area contributed by atoms with E-state index in [0.717, 1.165) is 41.6 Å². The number of unbranched alkanes of at least 4 members (excludes halogenated alkanes) is 11. The molecule has 0 saturated heterocycles. The molecule has 0 saturated carbocycles. The van der Waals surface area contributed by atoms with Gasteiger partial charge in [0.2, 0.25) is 5.91 Å². The predicted molar refractivity (Wildman–Crippen MR) is 170 cm³/mol. The molecule has 2 aromatic carbocycles. The third kappa shape index (κ3) is 12.3. The molecule has 1 N–H and O–H groups in total. The Morgan fingerprint density at radius 1 is 0.925 bits per heavy atom. The fourth-order valence-electron chi connectivity index (χ4n) is 5.04. The Labute approximate surface area is 247 Å². The molecular formula is C34H50N2O3S.